The van der Waals surface area contributed by atoms with E-state index in [9.17, 15) is 23.1 Å². The van der Waals surface area contributed by atoms with E-state index in [4.69, 9.17) is 0 Å². The van der Waals surface area contributed by atoms with Gasteiger partial charge >= 0.3 is 5.97 Å². The third kappa shape index (κ3) is 4.15. The number of nitrogens with zero attached hydrogens (tertiary/aromatic N) is 2. The molecule has 0 spiro atoms. The number of fused-ring (bicyclic) bond motifs is 2. The first-order chi connectivity index (χ1) is 14.8. The van der Waals surface area contributed by atoms with E-state index in [1.165, 1.54) is 4.31 Å². The molecule has 4 atom stereocenters. The molecule has 1 aromatic rings. The molecule has 3 aliphatic rings. The van der Waals surface area contributed by atoms with Gasteiger partial charge in [-0.2, -0.15) is 4.31 Å². The second-order valence-electron chi connectivity index (χ2n) is 8.81. The molecule has 31 heavy (non-hydrogen) atoms. The van der Waals surface area contributed by atoms with E-state index < -0.39 is 27.8 Å². The largest absolute Gasteiger partial charge is 0.481 e. The van der Waals surface area contributed by atoms with E-state index in [2.05, 4.69) is 6.92 Å². The van der Waals surface area contributed by atoms with Crippen LogP contribution < -0.4 is 0 Å². The summed E-state index contributed by atoms with van der Waals surface area (Å²) in [5.74, 6) is -2.37. The Morgan fingerprint density at radius 1 is 1.00 bits per heavy atom. The van der Waals surface area contributed by atoms with Gasteiger partial charge in [0, 0.05) is 26.2 Å². The summed E-state index contributed by atoms with van der Waals surface area (Å²) in [7, 11) is -3.61. The van der Waals surface area contributed by atoms with E-state index in [-0.39, 0.29) is 48.8 Å². The Kier molecular flexibility index (Phi) is 6.21. The molecule has 0 radical (unpaired) electrons. The Balaban J connectivity index is 1.39. The number of amides is 1. The number of allylic oxidation sites excluding steroid dienone is 2. The van der Waals surface area contributed by atoms with Crippen molar-refractivity contribution in [3.05, 3.63) is 42.0 Å². The molecule has 8 heteroatoms. The third-order valence-electron chi connectivity index (χ3n) is 6.96. The Bertz CT molecular complexity index is 964. The molecule has 0 aromatic heterocycles. The van der Waals surface area contributed by atoms with Crippen LogP contribution in [0.15, 0.2) is 41.3 Å². The Hall–Kier alpha value is -2.19. The molecule has 7 nitrogen and oxygen atoms in total. The average molecular weight is 447 g/mol. The Morgan fingerprint density at radius 3 is 2.19 bits per heavy atom. The number of hydrogen-bond acceptors (Lipinski definition) is 4. The first-order valence-electron chi connectivity index (χ1n) is 11.1. The molecule has 1 heterocycles. The SMILES string of the molecule is CCCCc1ccc(S(=O)(=O)N2CCN(C(=O)[C@@H]3[C@@H](C(=O)O)[C@H]4C=C[C@@H]3C4)CC2)cc1. The fraction of sp³-hybridized carbons (Fsp3) is 0.565. The zero-order chi connectivity index (χ0) is 22.2. The summed E-state index contributed by atoms with van der Waals surface area (Å²) in [5.41, 5.74) is 1.13. The fourth-order valence-electron chi connectivity index (χ4n) is 5.21. The lowest BCUT2D eigenvalue weighted by molar-refractivity contribution is -0.151. The Morgan fingerprint density at radius 2 is 1.61 bits per heavy atom. The zero-order valence-corrected chi connectivity index (χ0v) is 18.6. The van der Waals surface area contributed by atoms with Crippen LogP contribution in [0.1, 0.15) is 31.7 Å². The highest BCUT2D eigenvalue weighted by molar-refractivity contribution is 7.89. The van der Waals surface area contributed by atoms with Gasteiger partial charge in [-0.1, -0.05) is 37.6 Å². The fourth-order valence-corrected chi connectivity index (χ4v) is 6.64. The van der Waals surface area contributed by atoms with Gasteiger partial charge in [0.15, 0.2) is 0 Å². The number of piperazine rings is 1. The lowest BCUT2D eigenvalue weighted by Crippen LogP contribution is -2.53. The van der Waals surface area contributed by atoms with Crippen molar-refractivity contribution in [2.45, 2.75) is 37.5 Å². The second kappa shape index (κ2) is 8.74. The molecule has 168 valence electrons. The summed E-state index contributed by atoms with van der Waals surface area (Å²) in [4.78, 5) is 26.8. The highest BCUT2D eigenvalue weighted by Gasteiger charge is 2.52. The molecule has 1 N–H and O–H groups in total. The van der Waals surface area contributed by atoms with Crippen LogP contribution in [0.3, 0.4) is 0 Å². The maximum absolute atomic E-state index is 13.1. The molecule has 1 aliphatic heterocycles. The van der Waals surface area contributed by atoms with E-state index in [1.54, 1.807) is 17.0 Å². The molecule has 1 saturated carbocycles. The minimum Gasteiger partial charge on any atom is -0.481 e. The number of carbonyl (C=O) groups is 2. The standard InChI is InChI=1S/C23H30N2O5S/c1-2-3-4-16-5-9-19(10-6-16)31(29,30)25-13-11-24(12-14-25)22(26)20-17-7-8-18(15-17)21(20)23(27)28/h5-10,17-18,20-21H,2-4,11-15H2,1H3,(H,27,28)/t17-,18+,20+,21+/m1/s1. The summed E-state index contributed by atoms with van der Waals surface area (Å²) in [6.07, 6.45) is 7.71. The summed E-state index contributed by atoms with van der Waals surface area (Å²) in [6.45, 7) is 3.15. The van der Waals surface area contributed by atoms with Gasteiger partial charge < -0.3 is 10.0 Å². The number of unbranched alkanes of at least 4 members (excludes halogenated alkanes) is 1. The molecule has 0 unspecified atom stereocenters. The maximum Gasteiger partial charge on any atom is 0.307 e. The van der Waals surface area contributed by atoms with E-state index in [0.717, 1.165) is 31.2 Å². The monoisotopic (exact) mass is 446 g/mol. The first kappa shape index (κ1) is 22.0. The maximum atomic E-state index is 13.1. The van der Waals surface area contributed by atoms with Crippen molar-refractivity contribution < 1.29 is 23.1 Å². The smallest absolute Gasteiger partial charge is 0.307 e. The number of carboxylic acids is 1. The number of sulfonamides is 1. The van der Waals surface area contributed by atoms with Crippen molar-refractivity contribution in [3.63, 3.8) is 0 Å². The lowest BCUT2D eigenvalue weighted by atomic mass is 9.82. The predicted octanol–water partition coefficient (Wildman–Crippen LogP) is 2.38. The molecule has 2 aliphatic carbocycles. The summed E-state index contributed by atoms with van der Waals surface area (Å²) in [6, 6.07) is 7.07. The lowest BCUT2D eigenvalue weighted by Gasteiger charge is -2.37. The summed E-state index contributed by atoms with van der Waals surface area (Å²) >= 11 is 0. The van der Waals surface area contributed by atoms with Gasteiger partial charge in [-0.15, -0.1) is 0 Å². The quantitative estimate of drug-likeness (QED) is 0.649. The number of benzene rings is 1. The van der Waals surface area contributed by atoms with Crippen molar-refractivity contribution in [3.8, 4) is 0 Å². The van der Waals surface area contributed by atoms with Crippen LogP contribution in [-0.2, 0) is 26.0 Å². The molecule has 1 aromatic carbocycles. The van der Waals surface area contributed by atoms with Crippen LogP contribution in [0.25, 0.3) is 0 Å². The van der Waals surface area contributed by atoms with Crippen LogP contribution in [0.5, 0.6) is 0 Å². The highest BCUT2D eigenvalue weighted by Crippen LogP contribution is 2.48. The normalized spacial score (nSPS) is 28.2. The number of hydrogen-bond donors (Lipinski definition) is 1. The van der Waals surface area contributed by atoms with Crippen LogP contribution in [0.2, 0.25) is 0 Å². The van der Waals surface area contributed by atoms with Crippen LogP contribution in [-0.4, -0.2) is 60.8 Å². The number of rotatable bonds is 7. The van der Waals surface area contributed by atoms with E-state index in [1.807, 2.05) is 24.3 Å². The number of aliphatic carboxylic acids is 1. The van der Waals surface area contributed by atoms with Crippen LogP contribution >= 0.6 is 0 Å². The molecule has 1 amide bonds. The second-order valence-corrected chi connectivity index (χ2v) is 10.8. The highest BCUT2D eigenvalue weighted by atomic mass is 32.2. The summed E-state index contributed by atoms with van der Waals surface area (Å²) < 4.78 is 27.5. The predicted molar refractivity (Wildman–Crippen MR) is 116 cm³/mol. The van der Waals surface area contributed by atoms with Crippen molar-refractivity contribution in [1.29, 1.82) is 0 Å². The zero-order valence-electron chi connectivity index (χ0n) is 17.8. The molecule has 1 saturated heterocycles. The molecule has 2 fully saturated rings. The average Bonchev–Trinajstić information content (AvgIpc) is 3.39. The number of carbonyl (C=O) groups excluding carboxylic acids is 1. The van der Waals surface area contributed by atoms with Crippen molar-refractivity contribution in [2.75, 3.05) is 26.2 Å². The molecule has 2 bridgehead atoms. The number of carboxylic acid groups (broad SMARTS) is 1. The van der Waals surface area contributed by atoms with Crippen molar-refractivity contribution >= 4 is 21.9 Å². The van der Waals surface area contributed by atoms with Gasteiger partial charge in [0.05, 0.1) is 16.7 Å². The van der Waals surface area contributed by atoms with Crippen LogP contribution in [0, 0.1) is 23.7 Å². The van der Waals surface area contributed by atoms with Gasteiger partial charge in [0.2, 0.25) is 15.9 Å². The molecular weight excluding hydrogens is 416 g/mol. The first-order valence-corrected chi connectivity index (χ1v) is 12.6. The third-order valence-corrected chi connectivity index (χ3v) is 8.87. The van der Waals surface area contributed by atoms with E-state index >= 15 is 0 Å². The van der Waals surface area contributed by atoms with Gasteiger partial charge in [0.1, 0.15) is 0 Å². The van der Waals surface area contributed by atoms with Crippen molar-refractivity contribution in [1.82, 2.24) is 9.21 Å². The molecule has 4 rings (SSSR count). The minimum absolute atomic E-state index is 0.0217. The molecular formula is C23H30N2O5S. The topological polar surface area (TPSA) is 95.0 Å². The van der Waals surface area contributed by atoms with Gasteiger partial charge in [-0.3, -0.25) is 9.59 Å². The van der Waals surface area contributed by atoms with E-state index in [0.29, 0.717) is 0 Å². The number of aryl methyl sites for hydroxylation is 1. The Labute approximate surface area is 183 Å². The van der Waals surface area contributed by atoms with Gasteiger partial charge in [-0.05, 0) is 48.8 Å². The van der Waals surface area contributed by atoms with Crippen molar-refractivity contribution in [2.24, 2.45) is 23.7 Å². The van der Waals surface area contributed by atoms with Crippen LogP contribution in [0.4, 0.5) is 0 Å². The van der Waals surface area contributed by atoms with Gasteiger partial charge in [-0.25, -0.2) is 8.42 Å². The van der Waals surface area contributed by atoms with Gasteiger partial charge in [0.25, 0.3) is 0 Å². The minimum atomic E-state index is -3.61. The summed E-state index contributed by atoms with van der Waals surface area (Å²) in [5, 5.41) is 9.60.